The number of carbonyl (C=O) groups excluding carboxylic acids is 1. The van der Waals surface area contributed by atoms with E-state index >= 15 is 0 Å². The van der Waals surface area contributed by atoms with Crippen LogP contribution < -0.4 is 5.43 Å². The molecule has 5 nitrogen and oxygen atoms in total. The van der Waals surface area contributed by atoms with Crippen LogP contribution in [0.2, 0.25) is 0 Å². The molecule has 5 heteroatoms. The van der Waals surface area contributed by atoms with Crippen LogP contribution in [0.1, 0.15) is 28.5 Å². The van der Waals surface area contributed by atoms with Gasteiger partial charge in [0.15, 0.2) is 0 Å². The van der Waals surface area contributed by atoms with Crippen molar-refractivity contribution >= 4 is 22.4 Å². The van der Waals surface area contributed by atoms with E-state index in [2.05, 4.69) is 38.9 Å². The van der Waals surface area contributed by atoms with Crippen molar-refractivity contribution < 1.29 is 4.79 Å². The number of rotatable bonds is 4. The van der Waals surface area contributed by atoms with Gasteiger partial charge in [0.05, 0.1) is 11.4 Å². The molecule has 138 valence electrons. The van der Waals surface area contributed by atoms with Crippen molar-refractivity contribution in [3.8, 4) is 11.3 Å². The van der Waals surface area contributed by atoms with E-state index in [4.69, 9.17) is 0 Å². The molecule has 0 fully saturated rings. The fraction of sp³-hybridized carbons (Fsp3) is 0.0870. The molecule has 0 aliphatic rings. The molecule has 2 N–H and O–H groups in total. The zero-order chi connectivity index (χ0) is 19.5. The number of carbonyl (C=O) groups is 1. The quantitative estimate of drug-likeness (QED) is 0.405. The van der Waals surface area contributed by atoms with E-state index in [-0.39, 0.29) is 5.91 Å². The minimum absolute atomic E-state index is 0.328. The Labute approximate surface area is 163 Å². The van der Waals surface area contributed by atoms with Gasteiger partial charge >= 0.3 is 0 Å². The summed E-state index contributed by atoms with van der Waals surface area (Å²) in [6.45, 7) is 3.89. The number of hydrogen-bond acceptors (Lipinski definition) is 3. The van der Waals surface area contributed by atoms with E-state index in [1.165, 1.54) is 10.9 Å². The highest BCUT2D eigenvalue weighted by molar-refractivity contribution is 6.00. The van der Waals surface area contributed by atoms with E-state index in [1.807, 2.05) is 62.4 Å². The fourth-order valence-electron chi connectivity index (χ4n) is 2.99. The SMILES string of the molecule is C/C(=N/NC(=O)c1cc(-c2ccc3ccccc3c2)n[nH]1)c1ccc(C)cc1. The first-order valence-electron chi connectivity index (χ1n) is 9.06. The number of nitrogens with one attached hydrogen (secondary N) is 2. The van der Waals surface area contributed by atoms with Gasteiger partial charge < -0.3 is 0 Å². The highest BCUT2D eigenvalue weighted by atomic mass is 16.2. The summed E-state index contributed by atoms with van der Waals surface area (Å²) in [4.78, 5) is 12.4. The Morgan fingerprint density at radius 2 is 1.71 bits per heavy atom. The Kier molecular flexibility index (Phi) is 4.72. The highest BCUT2D eigenvalue weighted by Gasteiger charge is 2.11. The van der Waals surface area contributed by atoms with Crippen LogP contribution in [0.15, 0.2) is 77.9 Å². The lowest BCUT2D eigenvalue weighted by atomic mass is 10.1. The van der Waals surface area contributed by atoms with Crippen LogP contribution in [-0.2, 0) is 0 Å². The van der Waals surface area contributed by atoms with Crippen molar-refractivity contribution in [2.45, 2.75) is 13.8 Å². The second-order valence-corrected chi connectivity index (χ2v) is 6.73. The first-order valence-corrected chi connectivity index (χ1v) is 9.06. The predicted molar refractivity (Wildman–Crippen MR) is 112 cm³/mol. The molecule has 3 aromatic carbocycles. The van der Waals surface area contributed by atoms with Crippen molar-refractivity contribution in [2.75, 3.05) is 0 Å². The molecule has 0 spiro atoms. The average Bonchev–Trinajstić information content (AvgIpc) is 3.22. The number of aromatic amines is 1. The number of benzene rings is 3. The number of nitrogens with zero attached hydrogens (tertiary/aromatic N) is 2. The molecule has 0 aliphatic heterocycles. The Hall–Kier alpha value is -3.73. The molecule has 0 saturated carbocycles. The summed E-state index contributed by atoms with van der Waals surface area (Å²) in [6, 6.07) is 24.0. The van der Waals surface area contributed by atoms with Crippen LogP contribution in [0, 0.1) is 6.92 Å². The van der Waals surface area contributed by atoms with Gasteiger partial charge in [0, 0.05) is 5.56 Å². The minimum atomic E-state index is -0.328. The van der Waals surface area contributed by atoms with Crippen LogP contribution in [-0.4, -0.2) is 21.8 Å². The van der Waals surface area contributed by atoms with Crippen LogP contribution >= 0.6 is 0 Å². The lowest BCUT2D eigenvalue weighted by molar-refractivity contribution is 0.0950. The summed E-state index contributed by atoms with van der Waals surface area (Å²) in [5.41, 5.74) is 7.50. The van der Waals surface area contributed by atoms with Crippen LogP contribution in [0.3, 0.4) is 0 Å². The third-order valence-corrected chi connectivity index (χ3v) is 4.66. The fourth-order valence-corrected chi connectivity index (χ4v) is 2.99. The van der Waals surface area contributed by atoms with Crippen molar-refractivity contribution in [1.82, 2.24) is 15.6 Å². The normalized spacial score (nSPS) is 11.6. The Morgan fingerprint density at radius 1 is 0.964 bits per heavy atom. The summed E-state index contributed by atoms with van der Waals surface area (Å²) >= 11 is 0. The monoisotopic (exact) mass is 368 g/mol. The Balaban J connectivity index is 1.50. The topological polar surface area (TPSA) is 70.1 Å². The van der Waals surface area contributed by atoms with Crippen LogP contribution in [0.25, 0.3) is 22.0 Å². The van der Waals surface area contributed by atoms with E-state index in [0.29, 0.717) is 5.69 Å². The maximum absolute atomic E-state index is 12.4. The number of aryl methyl sites for hydroxylation is 1. The number of amides is 1. The number of hydrogen-bond donors (Lipinski definition) is 2. The maximum Gasteiger partial charge on any atom is 0.289 e. The molecule has 1 aromatic heterocycles. The standard InChI is InChI=1S/C23H20N4O/c1-15-7-9-17(10-8-15)16(2)24-27-23(28)22-14-21(25-26-22)20-12-11-18-5-3-4-6-19(18)13-20/h3-14H,1-2H3,(H,25,26)(H,27,28)/b24-16-. The molecule has 0 aliphatic carbocycles. The summed E-state index contributed by atoms with van der Waals surface area (Å²) in [5, 5.41) is 13.6. The first kappa shape index (κ1) is 17.7. The zero-order valence-corrected chi connectivity index (χ0v) is 15.7. The second kappa shape index (κ2) is 7.48. The van der Waals surface area contributed by atoms with Gasteiger partial charge in [-0.2, -0.15) is 10.2 Å². The average molecular weight is 368 g/mol. The molecule has 4 rings (SSSR count). The van der Waals surface area contributed by atoms with Gasteiger partial charge in [-0.1, -0.05) is 66.2 Å². The Bertz CT molecular complexity index is 1170. The van der Waals surface area contributed by atoms with Crippen LogP contribution in [0.5, 0.6) is 0 Å². The van der Waals surface area contributed by atoms with E-state index in [1.54, 1.807) is 6.07 Å². The molecule has 28 heavy (non-hydrogen) atoms. The summed E-state index contributed by atoms with van der Waals surface area (Å²) in [7, 11) is 0. The van der Waals surface area contributed by atoms with Crippen molar-refractivity contribution in [2.24, 2.45) is 5.10 Å². The molecule has 1 amide bonds. The third kappa shape index (κ3) is 3.69. The first-order chi connectivity index (χ1) is 13.6. The lowest BCUT2D eigenvalue weighted by Gasteiger charge is -2.02. The van der Waals surface area contributed by atoms with Gasteiger partial charge in [0.25, 0.3) is 5.91 Å². The lowest BCUT2D eigenvalue weighted by Crippen LogP contribution is -2.19. The molecule has 0 bridgehead atoms. The van der Waals surface area contributed by atoms with Gasteiger partial charge in [0.1, 0.15) is 5.69 Å². The van der Waals surface area contributed by atoms with Gasteiger partial charge in [-0.05, 0) is 42.3 Å². The molecule has 0 unspecified atom stereocenters. The Morgan fingerprint density at radius 3 is 2.50 bits per heavy atom. The van der Waals surface area contributed by atoms with E-state index in [0.717, 1.165) is 27.9 Å². The molecule has 1 heterocycles. The number of fused-ring (bicyclic) bond motifs is 1. The van der Waals surface area contributed by atoms with Crippen molar-refractivity contribution in [1.29, 1.82) is 0 Å². The van der Waals surface area contributed by atoms with E-state index < -0.39 is 0 Å². The zero-order valence-electron chi connectivity index (χ0n) is 15.7. The summed E-state index contributed by atoms with van der Waals surface area (Å²) < 4.78 is 0. The van der Waals surface area contributed by atoms with Gasteiger partial charge in [0.2, 0.25) is 0 Å². The third-order valence-electron chi connectivity index (χ3n) is 4.66. The molecular formula is C23H20N4O. The van der Waals surface area contributed by atoms with Crippen molar-refractivity contribution in [3.63, 3.8) is 0 Å². The smallest absolute Gasteiger partial charge is 0.272 e. The molecule has 4 aromatic rings. The molecular weight excluding hydrogens is 348 g/mol. The maximum atomic E-state index is 12.4. The van der Waals surface area contributed by atoms with Gasteiger partial charge in [-0.25, -0.2) is 5.43 Å². The molecule has 0 atom stereocenters. The molecule has 0 radical (unpaired) electrons. The summed E-state index contributed by atoms with van der Waals surface area (Å²) in [6.07, 6.45) is 0. The van der Waals surface area contributed by atoms with E-state index in [9.17, 15) is 4.79 Å². The highest BCUT2D eigenvalue weighted by Crippen LogP contribution is 2.23. The largest absolute Gasteiger partial charge is 0.289 e. The van der Waals surface area contributed by atoms with Gasteiger partial charge in [-0.3, -0.25) is 9.89 Å². The number of hydrazone groups is 1. The van der Waals surface area contributed by atoms with Gasteiger partial charge in [-0.15, -0.1) is 0 Å². The van der Waals surface area contributed by atoms with Crippen molar-refractivity contribution in [3.05, 3.63) is 89.6 Å². The number of aromatic nitrogens is 2. The summed E-state index contributed by atoms with van der Waals surface area (Å²) in [5.74, 6) is -0.328. The minimum Gasteiger partial charge on any atom is -0.272 e. The van der Waals surface area contributed by atoms with Crippen LogP contribution in [0.4, 0.5) is 0 Å². The number of H-pyrrole nitrogens is 1. The predicted octanol–water partition coefficient (Wildman–Crippen LogP) is 4.69. The molecule has 0 saturated heterocycles. The second-order valence-electron chi connectivity index (χ2n) is 6.73.